The molecule has 2 heterocycles. The average molecular weight is 488 g/mol. The highest BCUT2D eigenvalue weighted by Crippen LogP contribution is 2.30. The summed E-state index contributed by atoms with van der Waals surface area (Å²) in [6.45, 7) is 21.7. The summed E-state index contributed by atoms with van der Waals surface area (Å²) in [5.74, 6) is 2.46. The van der Waals surface area contributed by atoms with Crippen LogP contribution < -0.4 is 20.0 Å². The Morgan fingerprint density at radius 1 is 0.771 bits per heavy atom. The Kier molecular flexibility index (Phi) is 12.1. The van der Waals surface area contributed by atoms with E-state index in [4.69, 9.17) is 15.0 Å². The summed E-state index contributed by atoms with van der Waals surface area (Å²) in [6.07, 6.45) is 11.2. The molecule has 7 nitrogen and oxygen atoms in total. The average Bonchev–Trinajstić information content (AvgIpc) is 2.82. The van der Waals surface area contributed by atoms with Gasteiger partial charge in [0.1, 0.15) is 0 Å². The van der Waals surface area contributed by atoms with Crippen molar-refractivity contribution in [2.24, 2.45) is 0 Å². The number of nitrogens with zero attached hydrogens (tertiary/aromatic N) is 6. The van der Waals surface area contributed by atoms with Crippen LogP contribution >= 0.6 is 0 Å². The summed E-state index contributed by atoms with van der Waals surface area (Å²) < 4.78 is 0. The maximum absolute atomic E-state index is 5.09. The Morgan fingerprint density at radius 2 is 1.17 bits per heavy atom. The molecule has 7 heteroatoms. The van der Waals surface area contributed by atoms with Gasteiger partial charge in [-0.25, -0.2) is 0 Å². The first kappa shape index (κ1) is 29.2. The van der Waals surface area contributed by atoms with Gasteiger partial charge in [0.25, 0.3) is 0 Å². The second-order valence-electron chi connectivity index (χ2n) is 10.9. The lowest BCUT2D eigenvalue weighted by atomic mass is 9.87. The van der Waals surface area contributed by atoms with E-state index < -0.39 is 0 Å². The fraction of sp³-hybridized carbons (Fsp3) is 0.821. The monoisotopic (exact) mass is 487 g/mol. The molecule has 0 bridgehead atoms. The van der Waals surface area contributed by atoms with Gasteiger partial charge in [-0.3, -0.25) is 0 Å². The van der Waals surface area contributed by atoms with Crippen LogP contribution in [0.15, 0.2) is 12.3 Å². The third kappa shape index (κ3) is 9.16. The highest BCUT2D eigenvalue weighted by molar-refractivity contribution is 5.47. The SMILES string of the molecule is C=C1CC(N(C)c2nc(N(CCCC)CCCC)nc(N(CCCC)CCCC)n2)CC(C)(C)N1. The van der Waals surface area contributed by atoms with Gasteiger partial charge in [-0.05, 0) is 46.0 Å². The third-order valence-electron chi connectivity index (χ3n) is 6.90. The molecule has 0 aliphatic carbocycles. The van der Waals surface area contributed by atoms with Crippen LogP contribution in [0.5, 0.6) is 0 Å². The maximum Gasteiger partial charge on any atom is 0.231 e. The second kappa shape index (κ2) is 14.5. The van der Waals surface area contributed by atoms with Crippen LogP contribution in [-0.4, -0.2) is 59.8 Å². The summed E-state index contributed by atoms with van der Waals surface area (Å²) in [6, 6.07) is 0.307. The first-order valence-electron chi connectivity index (χ1n) is 14.2. The molecule has 0 radical (unpaired) electrons. The van der Waals surface area contributed by atoms with Gasteiger partial charge >= 0.3 is 0 Å². The lowest BCUT2D eigenvalue weighted by Crippen LogP contribution is -2.51. The molecule has 1 aliphatic rings. The highest BCUT2D eigenvalue weighted by Gasteiger charge is 2.33. The predicted molar refractivity (Wildman–Crippen MR) is 152 cm³/mol. The Balaban J connectivity index is 2.48. The first-order valence-corrected chi connectivity index (χ1v) is 14.2. The molecular weight excluding hydrogens is 434 g/mol. The van der Waals surface area contributed by atoms with Crippen molar-refractivity contribution in [1.82, 2.24) is 20.3 Å². The first-order chi connectivity index (χ1) is 16.7. The summed E-state index contributed by atoms with van der Waals surface area (Å²) in [5, 5.41) is 3.55. The van der Waals surface area contributed by atoms with Crippen LogP contribution in [0.3, 0.4) is 0 Å². The van der Waals surface area contributed by atoms with Crippen LogP contribution in [0.25, 0.3) is 0 Å². The smallest absolute Gasteiger partial charge is 0.231 e. The second-order valence-corrected chi connectivity index (χ2v) is 10.9. The number of anilines is 3. The van der Waals surface area contributed by atoms with Crippen LogP contribution in [-0.2, 0) is 0 Å². The van der Waals surface area contributed by atoms with Crippen LogP contribution in [0.2, 0.25) is 0 Å². The molecule has 1 aromatic heterocycles. The summed E-state index contributed by atoms with van der Waals surface area (Å²) in [4.78, 5) is 22.3. The van der Waals surface area contributed by atoms with Gasteiger partial charge in [0.2, 0.25) is 17.8 Å². The Labute approximate surface area is 215 Å². The van der Waals surface area contributed by atoms with Gasteiger partial charge in [-0.1, -0.05) is 60.0 Å². The lowest BCUT2D eigenvalue weighted by molar-refractivity contribution is 0.307. The molecule has 1 aliphatic heterocycles. The van der Waals surface area contributed by atoms with Gasteiger partial charge in [-0.15, -0.1) is 0 Å². The normalized spacial score (nSPS) is 17.2. The zero-order chi connectivity index (χ0) is 25.8. The summed E-state index contributed by atoms with van der Waals surface area (Å²) in [5.41, 5.74) is 1.10. The van der Waals surface area contributed by atoms with E-state index in [1.54, 1.807) is 0 Å². The zero-order valence-corrected chi connectivity index (χ0v) is 23.9. The quantitative estimate of drug-likeness (QED) is 0.299. The number of hydrogen-bond donors (Lipinski definition) is 1. The van der Waals surface area contributed by atoms with Crippen molar-refractivity contribution in [2.75, 3.05) is 47.9 Å². The van der Waals surface area contributed by atoms with Gasteiger partial charge < -0.3 is 20.0 Å². The molecule has 0 aromatic carbocycles. The third-order valence-corrected chi connectivity index (χ3v) is 6.90. The number of aromatic nitrogens is 3. The van der Waals surface area contributed by atoms with Gasteiger partial charge in [0.15, 0.2) is 0 Å². The molecule has 0 spiro atoms. The predicted octanol–water partition coefficient (Wildman–Crippen LogP) is 6.17. The number of hydrogen-bond acceptors (Lipinski definition) is 7. The standard InChI is InChI=1S/C28H53N7/c1-9-13-17-34(18-14-10-2)26-29-25(33(8)24-21-23(5)32-28(6,7)22-24)30-27(31-26)35(19-15-11-3)20-16-12-4/h24,32H,5,9-22H2,1-4,6-8H3. The van der Waals surface area contributed by atoms with Crippen molar-refractivity contribution in [3.63, 3.8) is 0 Å². The van der Waals surface area contributed by atoms with E-state index in [1.165, 1.54) is 25.7 Å². The van der Waals surface area contributed by atoms with Crippen molar-refractivity contribution >= 4 is 17.8 Å². The van der Waals surface area contributed by atoms with Gasteiger partial charge in [-0.2, -0.15) is 15.0 Å². The summed E-state index contributed by atoms with van der Waals surface area (Å²) >= 11 is 0. The van der Waals surface area contributed by atoms with E-state index in [0.29, 0.717) is 6.04 Å². The minimum Gasteiger partial charge on any atom is -0.384 e. The largest absolute Gasteiger partial charge is 0.384 e. The van der Waals surface area contributed by atoms with Gasteiger partial charge in [0.05, 0.1) is 0 Å². The molecule has 35 heavy (non-hydrogen) atoms. The fourth-order valence-corrected chi connectivity index (χ4v) is 4.77. The van der Waals surface area contributed by atoms with Crippen molar-refractivity contribution in [3.05, 3.63) is 12.3 Å². The number of nitrogens with one attached hydrogen (secondary N) is 1. The molecule has 1 fully saturated rings. The molecule has 200 valence electrons. The Morgan fingerprint density at radius 3 is 1.54 bits per heavy atom. The van der Waals surface area contributed by atoms with Crippen molar-refractivity contribution in [2.45, 2.75) is 117 Å². The van der Waals surface area contributed by atoms with Crippen LogP contribution in [0, 0.1) is 0 Å². The number of unbranched alkanes of at least 4 members (excludes halogenated alkanes) is 4. The minimum absolute atomic E-state index is 0.00945. The topological polar surface area (TPSA) is 60.4 Å². The van der Waals surface area contributed by atoms with E-state index in [1.807, 2.05) is 0 Å². The zero-order valence-electron chi connectivity index (χ0n) is 23.9. The molecule has 1 saturated heterocycles. The van der Waals surface area contributed by atoms with E-state index in [9.17, 15) is 0 Å². The Hall–Kier alpha value is -2.05. The molecule has 1 aromatic rings. The van der Waals surface area contributed by atoms with Crippen molar-refractivity contribution in [1.29, 1.82) is 0 Å². The number of rotatable bonds is 16. The minimum atomic E-state index is 0.00945. The van der Waals surface area contributed by atoms with E-state index in [2.05, 4.69) is 75.2 Å². The highest BCUT2D eigenvalue weighted by atomic mass is 15.4. The lowest BCUT2D eigenvalue weighted by Gasteiger charge is -2.42. The van der Waals surface area contributed by atoms with E-state index in [-0.39, 0.29) is 5.54 Å². The van der Waals surface area contributed by atoms with E-state index in [0.717, 1.165) is 88.2 Å². The molecule has 0 saturated carbocycles. The molecule has 1 N–H and O–H groups in total. The molecule has 0 amide bonds. The molecule has 1 unspecified atom stereocenters. The molecule has 2 rings (SSSR count). The fourth-order valence-electron chi connectivity index (χ4n) is 4.77. The number of piperidine rings is 1. The van der Waals surface area contributed by atoms with Crippen LogP contribution in [0.4, 0.5) is 17.8 Å². The van der Waals surface area contributed by atoms with Crippen molar-refractivity contribution in [3.8, 4) is 0 Å². The van der Waals surface area contributed by atoms with Crippen LogP contribution in [0.1, 0.15) is 106 Å². The summed E-state index contributed by atoms with van der Waals surface area (Å²) in [7, 11) is 2.15. The maximum atomic E-state index is 5.09. The van der Waals surface area contributed by atoms with E-state index >= 15 is 0 Å². The van der Waals surface area contributed by atoms with Crippen molar-refractivity contribution < 1.29 is 0 Å². The molecular formula is C28H53N7. The Bertz CT molecular complexity index is 709. The van der Waals surface area contributed by atoms with Gasteiger partial charge in [0, 0.05) is 56.9 Å². The molecule has 1 atom stereocenters.